The second-order valence-electron chi connectivity index (χ2n) is 6.62. The van der Waals surface area contributed by atoms with Gasteiger partial charge in [-0.2, -0.15) is 0 Å². The fourth-order valence-electron chi connectivity index (χ4n) is 3.92. The number of hydrogen-bond acceptors (Lipinski definition) is 1. The Morgan fingerprint density at radius 1 is 1.05 bits per heavy atom. The van der Waals surface area contributed by atoms with Crippen LogP contribution in [0.5, 0.6) is 0 Å². The predicted molar refractivity (Wildman–Crippen MR) is 76.8 cm³/mol. The number of rotatable bonds is 5. The molecule has 112 valence electrons. The topological polar surface area (TPSA) is 33.5 Å². The van der Waals surface area contributed by atoms with Crippen LogP contribution < -0.4 is 14.7 Å². The van der Waals surface area contributed by atoms with Gasteiger partial charge in [0.2, 0.25) is 0 Å². The van der Waals surface area contributed by atoms with E-state index in [1.807, 2.05) is 9.80 Å². The highest BCUT2D eigenvalue weighted by Crippen LogP contribution is 1.97. The number of aliphatic hydroxyl groups excluding tert-OH is 1. The Balaban J connectivity index is 1.71. The summed E-state index contributed by atoms with van der Waals surface area (Å²) in [7, 11) is 0. The van der Waals surface area contributed by atoms with Crippen molar-refractivity contribution in [3.05, 3.63) is 0 Å². The number of piperazine rings is 1. The Labute approximate surface area is 118 Å². The van der Waals surface area contributed by atoms with Gasteiger partial charge in [0.05, 0.1) is 31.8 Å². The Kier molecular flexibility index (Phi) is 6.07. The molecule has 0 bridgehead atoms. The summed E-state index contributed by atoms with van der Waals surface area (Å²) in [5.41, 5.74) is 0. The zero-order chi connectivity index (χ0) is 13.7. The summed E-state index contributed by atoms with van der Waals surface area (Å²) in [6.07, 6.45) is 4.16. The van der Waals surface area contributed by atoms with Gasteiger partial charge in [-0.1, -0.05) is 6.92 Å². The third kappa shape index (κ3) is 4.15. The minimum atomic E-state index is 0.349. The van der Waals surface area contributed by atoms with Crippen LogP contribution in [0.15, 0.2) is 0 Å². The maximum atomic E-state index is 9.01. The molecule has 0 aromatic rings. The van der Waals surface area contributed by atoms with Crippen molar-refractivity contribution in [1.29, 1.82) is 0 Å². The van der Waals surface area contributed by atoms with Crippen LogP contribution >= 0.6 is 0 Å². The Hall–Kier alpha value is -0.160. The van der Waals surface area contributed by atoms with Crippen LogP contribution in [0.1, 0.15) is 33.1 Å². The lowest BCUT2D eigenvalue weighted by Gasteiger charge is -2.38. The molecule has 0 aliphatic carbocycles. The van der Waals surface area contributed by atoms with E-state index < -0.39 is 0 Å². The summed E-state index contributed by atoms with van der Waals surface area (Å²) in [5, 5.41) is 9.01. The van der Waals surface area contributed by atoms with Gasteiger partial charge in [-0.25, -0.2) is 0 Å². The Morgan fingerprint density at radius 3 is 2.21 bits per heavy atom. The normalized spacial score (nSPS) is 38.1. The van der Waals surface area contributed by atoms with Crippen molar-refractivity contribution in [3.63, 3.8) is 0 Å². The van der Waals surface area contributed by atoms with Crippen LogP contribution in [0.2, 0.25) is 0 Å². The fourth-order valence-corrected chi connectivity index (χ4v) is 3.92. The van der Waals surface area contributed by atoms with Crippen LogP contribution in [-0.4, -0.2) is 69.6 Å². The monoisotopic (exact) mass is 272 g/mol. The molecule has 0 aromatic heterocycles. The molecular weight excluding hydrogens is 238 g/mol. The van der Waals surface area contributed by atoms with Gasteiger partial charge in [0.1, 0.15) is 32.7 Å². The van der Waals surface area contributed by atoms with Gasteiger partial charge in [-0.05, 0) is 13.3 Å². The molecule has 0 aromatic carbocycles. The maximum absolute atomic E-state index is 9.01. The number of piperidine rings is 1. The van der Waals surface area contributed by atoms with E-state index in [2.05, 4.69) is 13.8 Å². The number of quaternary nitrogens is 3. The summed E-state index contributed by atoms with van der Waals surface area (Å²) < 4.78 is 0. The molecule has 2 aliphatic heterocycles. The van der Waals surface area contributed by atoms with E-state index in [1.165, 1.54) is 58.5 Å². The van der Waals surface area contributed by atoms with Crippen molar-refractivity contribution in [2.45, 2.75) is 45.2 Å². The largest absolute Gasteiger partial charge is 0.391 e. The molecule has 2 aliphatic rings. The Bertz CT molecular complexity index is 246. The van der Waals surface area contributed by atoms with Crippen LogP contribution in [0, 0.1) is 0 Å². The molecule has 19 heavy (non-hydrogen) atoms. The van der Waals surface area contributed by atoms with Gasteiger partial charge < -0.3 is 19.8 Å². The second-order valence-corrected chi connectivity index (χ2v) is 6.62. The van der Waals surface area contributed by atoms with E-state index >= 15 is 0 Å². The summed E-state index contributed by atoms with van der Waals surface area (Å²) >= 11 is 0. The highest BCUT2D eigenvalue weighted by molar-refractivity contribution is 4.62. The first-order valence-electron chi connectivity index (χ1n) is 8.38. The van der Waals surface area contributed by atoms with Crippen molar-refractivity contribution in [2.24, 2.45) is 0 Å². The second kappa shape index (κ2) is 7.58. The smallest absolute Gasteiger partial charge is 0.127 e. The molecule has 4 N–H and O–H groups in total. The third-order valence-electron chi connectivity index (χ3n) is 5.58. The molecule has 0 radical (unpaired) electrons. The van der Waals surface area contributed by atoms with E-state index in [0.29, 0.717) is 6.61 Å². The highest BCUT2D eigenvalue weighted by Gasteiger charge is 2.34. The van der Waals surface area contributed by atoms with Crippen molar-refractivity contribution in [1.82, 2.24) is 0 Å². The Morgan fingerprint density at radius 2 is 1.68 bits per heavy atom. The fraction of sp³-hybridized carbons (Fsp3) is 1.00. The quantitative estimate of drug-likeness (QED) is 0.414. The number of hydrogen-bond donors (Lipinski definition) is 4. The molecule has 0 spiro atoms. The van der Waals surface area contributed by atoms with Crippen LogP contribution in [0.25, 0.3) is 0 Å². The lowest BCUT2D eigenvalue weighted by molar-refractivity contribution is -1.03. The third-order valence-corrected chi connectivity index (χ3v) is 5.58. The van der Waals surface area contributed by atoms with E-state index in [9.17, 15) is 0 Å². The molecule has 2 fully saturated rings. The number of aliphatic hydroxyl groups is 1. The highest BCUT2D eigenvalue weighted by atomic mass is 16.3. The molecule has 2 saturated heterocycles. The van der Waals surface area contributed by atoms with Crippen molar-refractivity contribution < 1.29 is 19.8 Å². The molecular formula is C15H34N3O+3. The zero-order valence-corrected chi connectivity index (χ0v) is 12.9. The van der Waals surface area contributed by atoms with E-state index in [0.717, 1.165) is 18.6 Å². The minimum absolute atomic E-state index is 0.349. The van der Waals surface area contributed by atoms with Gasteiger partial charge in [0.25, 0.3) is 0 Å². The number of nitrogens with one attached hydrogen (secondary N) is 3. The summed E-state index contributed by atoms with van der Waals surface area (Å²) in [6, 6.07) is 1.77. The van der Waals surface area contributed by atoms with E-state index in [-0.39, 0.29) is 0 Å². The first kappa shape index (κ1) is 15.2. The minimum Gasteiger partial charge on any atom is -0.391 e. The van der Waals surface area contributed by atoms with Crippen molar-refractivity contribution in [3.8, 4) is 0 Å². The lowest BCUT2D eigenvalue weighted by Crippen LogP contribution is -3.30. The lowest BCUT2D eigenvalue weighted by atomic mass is 10.0. The van der Waals surface area contributed by atoms with Gasteiger partial charge in [-0.15, -0.1) is 0 Å². The van der Waals surface area contributed by atoms with Crippen molar-refractivity contribution >= 4 is 0 Å². The molecule has 2 rings (SSSR count). The molecule has 1 atom stereocenters. The van der Waals surface area contributed by atoms with E-state index in [1.54, 1.807) is 4.90 Å². The van der Waals surface area contributed by atoms with Gasteiger partial charge in [0.15, 0.2) is 0 Å². The summed E-state index contributed by atoms with van der Waals surface area (Å²) in [4.78, 5) is 5.29. The molecule has 4 nitrogen and oxygen atoms in total. The average Bonchev–Trinajstić information content (AvgIpc) is 2.48. The molecule has 2 heterocycles. The van der Waals surface area contributed by atoms with E-state index in [4.69, 9.17) is 5.11 Å². The van der Waals surface area contributed by atoms with Gasteiger partial charge in [0, 0.05) is 12.8 Å². The van der Waals surface area contributed by atoms with Gasteiger partial charge >= 0.3 is 0 Å². The summed E-state index contributed by atoms with van der Waals surface area (Å²) in [5.74, 6) is 0. The average molecular weight is 272 g/mol. The SMILES string of the molecule is CC[C@@H](C)[NH+]1CCC([NH+]2CC[NH+](CCO)CC2)CC1. The molecule has 4 heteroatoms. The van der Waals surface area contributed by atoms with Crippen molar-refractivity contribution in [2.75, 3.05) is 52.4 Å². The first-order chi connectivity index (χ1) is 9.24. The maximum Gasteiger partial charge on any atom is 0.127 e. The van der Waals surface area contributed by atoms with Crippen LogP contribution in [0.3, 0.4) is 0 Å². The van der Waals surface area contributed by atoms with Gasteiger partial charge in [-0.3, -0.25) is 0 Å². The zero-order valence-electron chi connectivity index (χ0n) is 12.9. The molecule has 0 saturated carbocycles. The first-order valence-corrected chi connectivity index (χ1v) is 8.38. The predicted octanol–water partition coefficient (Wildman–Crippen LogP) is -3.39. The molecule has 0 amide bonds. The van der Waals surface area contributed by atoms with Crippen LogP contribution in [-0.2, 0) is 0 Å². The number of likely N-dealkylation sites (tertiary alicyclic amines) is 1. The standard InChI is InChI=1S/C15H31N3O/c1-3-14(2)17-6-4-15(5-7-17)18-10-8-16(9-11-18)12-13-19/h14-15,19H,3-13H2,1-2H3/p+3/t14-/m1/s1. The summed E-state index contributed by atoms with van der Waals surface area (Å²) in [6.45, 7) is 13.9. The molecule has 0 unspecified atom stereocenters. The van der Waals surface area contributed by atoms with Crippen LogP contribution in [0.4, 0.5) is 0 Å².